The third kappa shape index (κ3) is 6.58. The first-order valence-electron chi connectivity index (χ1n) is 14.5. The molecule has 1 unspecified atom stereocenters. The third-order valence-electron chi connectivity index (χ3n) is 8.09. The summed E-state index contributed by atoms with van der Waals surface area (Å²) in [5, 5.41) is 5.17. The van der Waals surface area contributed by atoms with Crippen molar-refractivity contribution < 1.29 is 19.1 Å². The summed E-state index contributed by atoms with van der Waals surface area (Å²) in [7, 11) is 1.62. The van der Waals surface area contributed by atoms with Gasteiger partial charge < -0.3 is 24.6 Å². The van der Waals surface area contributed by atoms with Crippen LogP contribution in [-0.2, 0) is 4.74 Å². The molecule has 0 aliphatic carbocycles. The van der Waals surface area contributed by atoms with Crippen molar-refractivity contribution in [1.29, 1.82) is 0 Å². The molecule has 1 N–H and O–H groups in total. The normalized spacial score (nSPS) is 16.3. The van der Waals surface area contributed by atoms with Crippen LogP contribution in [-0.4, -0.2) is 67.6 Å². The summed E-state index contributed by atoms with van der Waals surface area (Å²) in [6, 6.07) is 19.3. The SMILES string of the molecule is C=Cc1ccc(Oc2ccc(C(=O)N3CC(CN4C=c5c(C)c(C(=O)NCCOC)ccc5=CCC4C)C3)cc2)cc1. The highest BCUT2D eigenvalue weighted by Crippen LogP contribution is 2.25. The minimum Gasteiger partial charge on any atom is -0.457 e. The second-order valence-electron chi connectivity index (χ2n) is 11.1. The highest BCUT2D eigenvalue weighted by Gasteiger charge is 2.33. The number of amides is 2. The summed E-state index contributed by atoms with van der Waals surface area (Å²) in [5.41, 5.74) is 3.36. The first-order chi connectivity index (χ1) is 20.4. The number of rotatable bonds is 10. The number of likely N-dealkylation sites (tertiary alicyclic amines) is 1. The summed E-state index contributed by atoms with van der Waals surface area (Å²) < 4.78 is 11.0. The standard InChI is InChI=1S/C35H39N3O4/c1-5-26-7-13-30(14-8-26)42-31-15-10-29(11-16-31)35(40)38-21-27(22-38)20-37-23-33-25(3)32(34(39)36-18-19-41-4)17-12-28(33)9-6-24(37)2/h5,7-17,23-24,27H,1,6,18-22H2,2-4H3,(H,36,39). The average Bonchev–Trinajstić information content (AvgIpc) is 3.14. The molecule has 0 saturated carbocycles. The number of benzene rings is 3. The van der Waals surface area contributed by atoms with Crippen LogP contribution in [0.3, 0.4) is 0 Å². The van der Waals surface area contributed by atoms with Crippen molar-refractivity contribution in [3.63, 3.8) is 0 Å². The lowest BCUT2D eigenvalue weighted by atomic mass is 9.97. The summed E-state index contributed by atoms with van der Waals surface area (Å²) in [6.07, 6.45) is 7.18. The Hall–Kier alpha value is -4.36. The smallest absolute Gasteiger partial charge is 0.253 e. The van der Waals surface area contributed by atoms with Gasteiger partial charge in [-0.1, -0.05) is 36.9 Å². The number of nitrogens with one attached hydrogen (secondary N) is 1. The van der Waals surface area contributed by atoms with E-state index >= 15 is 0 Å². The van der Waals surface area contributed by atoms with Crippen LogP contribution in [0.25, 0.3) is 18.4 Å². The van der Waals surface area contributed by atoms with E-state index in [2.05, 4.69) is 36.0 Å². The number of carbonyl (C=O) groups excluding carboxylic acids is 2. The largest absolute Gasteiger partial charge is 0.457 e. The number of fused-ring (bicyclic) bond motifs is 1. The van der Waals surface area contributed by atoms with Crippen LogP contribution in [0.2, 0.25) is 0 Å². The molecular weight excluding hydrogens is 526 g/mol. The first-order valence-corrected chi connectivity index (χ1v) is 14.5. The molecule has 2 heterocycles. The Morgan fingerprint density at radius 3 is 2.38 bits per heavy atom. The van der Waals surface area contributed by atoms with Gasteiger partial charge in [0, 0.05) is 67.8 Å². The van der Waals surface area contributed by atoms with Crippen LogP contribution in [0.15, 0.2) is 67.2 Å². The maximum atomic E-state index is 13.1. The van der Waals surface area contributed by atoms with Crippen molar-refractivity contribution in [2.75, 3.05) is 39.9 Å². The molecule has 2 amide bonds. The highest BCUT2D eigenvalue weighted by atomic mass is 16.5. The summed E-state index contributed by atoms with van der Waals surface area (Å²) in [5.74, 6) is 1.77. The molecule has 7 heteroatoms. The van der Waals surface area contributed by atoms with Crippen molar-refractivity contribution in [2.45, 2.75) is 26.3 Å². The minimum atomic E-state index is -0.0838. The zero-order valence-electron chi connectivity index (χ0n) is 24.6. The Bertz CT molecular complexity index is 1560. The molecule has 3 aromatic carbocycles. The van der Waals surface area contributed by atoms with Crippen molar-refractivity contribution in [1.82, 2.24) is 15.1 Å². The Morgan fingerprint density at radius 1 is 1.02 bits per heavy atom. The molecule has 1 fully saturated rings. The van der Waals surface area contributed by atoms with Gasteiger partial charge >= 0.3 is 0 Å². The third-order valence-corrected chi connectivity index (χ3v) is 8.09. The van der Waals surface area contributed by atoms with Gasteiger partial charge in [0.2, 0.25) is 0 Å². The average molecular weight is 566 g/mol. The van der Waals surface area contributed by atoms with E-state index in [1.165, 1.54) is 0 Å². The van der Waals surface area contributed by atoms with E-state index in [9.17, 15) is 9.59 Å². The van der Waals surface area contributed by atoms with Gasteiger partial charge in [0.25, 0.3) is 11.8 Å². The second kappa shape index (κ2) is 13.1. The van der Waals surface area contributed by atoms with Gasteiger partial charge in [0.1, 0.15) is 11.5 Å². The van der Waals surface area contributed by atoms with Crippen molar-refractivity contribution in [3.05, 3.63) is 99.9 Å². The fourth-order valence-corrected chi connectivity index (χ4v) is 5.47. The maximum Gasteiger partial charge on any atom is 0.253 e. The zero-order valence-corrected chi connectivity index (χ0v) is 24.6. The van der Waals surface area contributed by atoms with E-state index in [0.29, 0.717) is 42.0 Å². The topological polar surface area (TPSA) is 71.1 Å². The van der Waals surface area contributed by atoms with Gasteiger partial charge in [0.15, 0.2) is 0 Å². The lowest BCUT2D eigenvalue weighted by molar-refractivity contribution is 0.0441. The number of hydrogen-bond acceptors (Lipinski definition) is 5. The lowest BCUT2D eigenvalue weighted by Gasteiger charge is -2.42. The lowest BCUT2D eigenvalue weighted by Crippen LogP contribution is -2.54. The molecule has 0 aromatic heterocycles. The highest BCUT2D eigenvalue weighted by molar-refractivity contribution is 5.96. The summed E-state index contributed by atoms with van der Waals surface area (Å²) >= 11 is 0. The Morgan fingerprint density at radius 2 is 1.71 bits per heavy atom. The molecule has 0 radical (unpaired) electrons. The number of nitrogens with zero attached hydrogens (tertiary/aromatic N) is 2. The van der Waals surface area contributed by atoms with Crippen molar-refractivity contribution >= 4 is 30.2 Å². The monoisotopic (exact) mass is 565 g/mol. The predicted molar refractivity (Wildman–Crippen MR) is 167 cm³/mol. The van der Waals surface area contributed by atoms with Gasteiger partial charge in [-0.05, 0) is 79.1 Å². The fraction of sp³-hybridized carbons (Fsp3) is 0.314. The number of methoxy groups -OCH3 is 1. The quantitative estimate of drug-likeness (QED) is 0.374. The van der Waals surface area contributed by atoms with E-state index in [4.69, 9.17) is 9.47 Å². The zero-order chi connectivity index (χ0) is 29.6. The number of carbonyl (C=O) groups is 2. The molecule has 2 aliphatic heterocycles. The van der Waals surface area contributed by atoms with Gasteiger partial charge in [-0.25, -0.2) is 0 Å². The van der Waals surface area contributed by atoms with Gasteiger partial charge in [-0.15, -0.1) is 0 Å². The fourth-order valence-electron chi connectivity index (χ4n) is 5.47. The van der Waals surface area contributed by atoms with Crippen LogP contribution in [0.1, 0.15) is 45.2 Å². The van der Waals surface area contributed by atoms with Gasteiger partial charge in [-0.2, -0.15) is 0 Å². The first kappa shape index (κ1) is 29.1. The minimum absolute atomic E-state index is 0.0414. The predicted octanol–water partition coefficient (Wildman–Crippen LogP) is 4.19. The molecule has 7 nitrogen and oxygen atoms in total. The maximum absolute atomic E-state index is 13.1. The summed E-state index contributed by atoms with van der Waals surface area (Å²) in [4.78, 5) is 30.2. The van der Waals surface area contributed by atoms with Crippen LogP contribution in [0.5, 0.6) is 11.5 Å². The Kier molecular flexibility index (Phi) is 9.08. The summed E-state index contributed by atoms with van der Waals surface area (Å²) in [6.45, 7) is 11.3. The molecule has 3 aromatic rings. The number of ether oxygens (including phenoxy) is 2. The molecular formula is C35H39N3O4. The Labute approximate surface area is 247 Å². The van der Waals surface area contributed by atoms with E-state index in [0.717, 1.165) is 53.4 Å². The molecule has 1 saturated heterocycles. The molecule has 218 valence electrons. The molecule has 5 rings (SSSR count). The van der Waals surface area contributed by atoms with Crippen LogP contribution in [0, 0.1) is 12.8 Å². The van der Waals surface area contributed by atoms with E-state index in [1.54, 1.807) is 13.2 Å². The molecule has 0 spiro atoms. The van der Waals surface area contributed by atoms with Gasteiger partial charge in [0.05, 0.1) is 6.61 Å². The van der Waals surface area contributed by atoms with E-state index in [1.807, 2.05) is 72.5 Å². The second-order valence-corrected chi connectivity index (χ2v) is 11.1. The van der Waals surface area contributed by atoms with Crippen LogP contribution >= 0.6 is 0 Å². The van der Waals surface area contributed by atoms with Crippen LogP contribution in [0.4, 0.5) is 0 Å². The van der Waals surface area contributed by atoms with E-state index < -0.39 is 0 Å². The van der Waals surface area contributed by atoms with Crippen molar-refractivity contribution in [3.8, 4) is 11.5 Å². The molecule has 2 aliphatic rings. The van der Waals surface area contributed by atoms with Gasteiger partial charge in [-0.3, -0.25) is 9.59 Å². The van der Waals surface area contributed by atoms with Crippen LogP contribution < -0.4 is 20.5 Å². The van der Waals surface area contributed by atoms with E-state index in [-0.39, 0.29) is 11.8 Å². The number of hydrogen-bond donors (Lipinski definition) is 1. The van der Waals surface area contributed by atoms with Crippen molar-refractivity contribution in [2.24, 2.45) is 5.92 Å². The Balaban J connectivity index is 1.20. The molecule has 0 bridgehead atoms. The molecule has 42 heavy (non-hydrogen) atoms. The molecule has 1 atom stereocenters.